The number of methoxy groups -OCH3 is 1. The van der Waals surface area contributed by atoms with E-state index in [1.165, 1.54) is 25.9 Å². The van der Waals surface area contributed by atoms with E-state index in [2.05, 4.69) is 41.5 Å². The molecule has 0 aliphatic carbocycles. The van der Waals surface area contributed by atoms with Gasteiger partial charge in [-0.25, -0.2) is 9.97 Å². The Kier molecular flexibility index (Phi) is 5.52. The molecular formula is C19H29N7O. The van der Waals surface area contributed by atoms with Crippen LogP contribution in [-0.2, 0) is 13.1 Å². The molecule has 8 heteroatoms. The summed E-state index contributed by atoms with van der Waals surface area (Å²) in [7, 11) is 1.63. The van der Waals surface area contributed by atoms with Gasteiger partial charge in [0, 0.05) is 25.6 Å². The number of anilines is 1. The van der Waals surface area contributed by atoms with Crippen LogP contribution in [0, 0.1) is 0 Å². The van der Waals surface area contributed by atoms with Crippen molar-refractivity contribution < 1.29 is 4.74 Å². The van der Waals surface area contributed by atoms with E-state index in [9.17, 15) is 0 Å². The van der Waals surface area contributed by atoms with Crippen LogP contribution < -0.4 is 9.64 Å². The van der Waals surface area contributed by atoms with Gasteiger partial charge in [-0.2, -0.15) is 0 Å². The van der Waals surface area contributed by atoms with Crippen LogP contribution in [0.2, 0.25) is 0 Å². The zero-order valence-electron chi connectivity index (χ0n) is 16.3. The molecule has 8 nitrogen and oxygen atoms in total. The fourth-order valence-electron chi connectivity index (χ4n) is 4.17. The number of aromatic nitrogens is 5. The molecule has 4 heterocycles. The van der Waals surface area contributed by atoms with Gasteiger partial charge >= 0.3 is 0 Å². The molecule has 0 radical (unpaired) electrons. The topological polar surface area (TPSA) is 72.2 Å². The smallest absolute Gasteiger partial charge is 0.225 e. The Morgan fingerprint density at radius 2 is 1.74 bits per heavy atom. The summed E-state index contributed by atoms with van der Waals surface area (Å²) in [4.78, 5) is 13.6. The first-order valence-electron chi connectivity index (χ1n) is 10.0. The first-order valence-corrected chi connectivity index (χ1v) is 10.0. The molecule has 4 rings (SSSR count). The molecule has 0 saturated carbocycles. The SMILES string of the molecule is CCn1c(CN2CCCC2)nnc1C1CCN(c2ncc(OC)cn2)CC1. The fraction of sp³-hybridized carbons (Fsp3) is 0.684. The average Bonchev–Trinajstić information content (AvgIpc) is 3.38. The predicted octanol–water partition coefficient (Wildman–Crippen LogP) is 2.08. The van der Waals surface area contributed by atoms with Crippen molar-refractivity contribution in [3.63, 3.8) is 0 Å². The van der Waals surface area contributed by atoms with E-state index in [0.717, 1.165) is 56.6 Å². The molecule has 2 aromatic rings. The molecule has 0 unspecified atom stereocenters. The molecule has 2 aromatic heterocycles. The Morgan fingerprint density at radius 1 is 1.04 bits per heavy atom. The standard InChI is InChI=1S/C19H29N7O/c1-3-26-17(14-24-8-4-5-9-24)22-23-18(26)15-6-10-25(11-7-15)19-20-12-16(27-2)13-21-19/h12-13,15H,3-11,14H2,1-2H3. The van der Waals surface area contributed by atoms with Gasteiger partial charge in [-0.3, -0.25) is 4.90 Å². The summed E-state index contributed by atoms with van der Waals surface area (Å²) in [5.74, 6) is 4.20. The number of likely N-dealkylation sites (tertiary alicyclic amines) is 1. The summed E-state index contributed by atoms with van der Waals surface area (Å²) in [6.45, 7) is 8.32. The van der Waals surface area contributed by atoms with Crippen LogP contribution in [0.4, 0.5) is 5.95 Å². The highest BCUT2D eigenvalue weighted by Crippen LogP contribution is 2.29. The van der Waals surface area contributed by atoms with Gasteiger partial charge in [-0.15, -0.1) is 10.2 Å². The van der Waals surface area contributed by atoms with Crippen molar-refractivity contribution >= 4 is 5.95 Å². The molecule has 0 amide bonds. The van der Waals surface area contributed by atoms with Crippen molar-refractivity contribution in [2.75, 3.05) is 38.2 Å². The third-order valence-electron chi connectivity index (χ3n) is 5.73. The maximum absolute atomic E-state index is 5.14. The summed E-state index contributed by atoms with van der Waals surface area (Å²) < 4.78 is 7.48. The van der Waals surface area contributed by atoms with Crippen LogP contribution >= 0.6 is 0 Å². The minimum absolute atomic E-state index is 0.458. The number of hydrogen-bond donors (Lipinski definition) is 0. The molecule has 2 aliphatic rings. The van der Waals surface area contributed by atoms with Crippen molar-refractivity contribution in [1.82, 2.24) is 29.6 Å². The van der Waals surface area contributed by atoms with E-state index in [-0.39, 0.29) is 0 Å². The van der Waals surface area contributed by atoms with E-state index in [0.29, 0.717) is 11.7 Å². The van der Waals surface area contributed by atoms with Gasteiger partial charge in [0.15, 0.2) is 5.75 Å². The highest BCUT2D eigenvalue weighted by Gasteiger charge is 2.27. The second-order valence-electron chi connectivity index (χ2n) is 7.39. The zero-order valence-corrected chi connectivity index (χ0v) is 16.3. The molecule has 0 spiro atoms. The lowest BCUT2D eigenvalue weighted by molar-refractivity contribution is 0.315. The quantitative estimate of drug-likeness (QED) is 0.770. The van der Waals surface area contributed by atoms with Gasteiger partial charge in [0.2, 0.25) is 5.95 Å². The van der Waals surface area contributed by atoms with Crippen LogP contribution in [0.1, 0.15) is 50.2 Å². The number of rotatable bonds is 6. The molecule has 0 aromatic carbocycles. The number of ether oxygens (including phenoxy) is 1. The van der Waals surface area contributed by atoms with E-state index >= 15 is 0 Å². The predicted molar refractivity (Wildman–Crippen MR) is 103 cm³/mol. The van der Waals surface area contributed by atoms with Gasteiger partial charge in [-0.1, -0.05) is 0 Å². The maximum atomic E-state index is 5.14. The number of nitrogens with zero attached hydrogens (tertiary/aromatic N) is 7. The second kappa shape index (κ2) is 8.21. The highest BCUT2D eigenvalue weighted by atomic mass is 16.5. The second-order valence-corrected chi connectivity index (χ2v) is 7.39. The lowest BCUT2D eigenvalue weighted by atomic mass is 9.96. The zero-order chi connectivity index (χ0) is 18.6. The van der Waals surface area contributed by atoms with Crippen LogP contribution in [0.5, 0.6) is 5.75 Å². The Hall–Kier alpha value is -2.22. The Labute approximate surface area is 160 Å². The Balaban J connectivity index is 1.40. The Morgan fingerprint density at radius 3 is 2.37 bits per heavy atom. The first-order chi connectivity index (χ1) is 13.3. The minimum atomic E-state index is 0.458. The molecule has 2 saturated heterocycles. The lowest BCUT2D eigenvalue weighted by Crippen LogP contribution is -2.35. The molecule has 0 N–H and O–H groups in total. The summed E-state index contributed by atoms with van der Waals surface area (Å²) in [5.41, 5.74) is 0. The van der Waals surface area contributed by atoms with Gasteiger partial charge in [-0.05, 0) is 45.7 Å². The van der Waals surface area contributed by atoms with Crippen LogP contribution in [0.25, 0.3) is 0 Å². The van der Waals surface area contributed by atoms with Crippen LogP contribution in [0.15, 0.2) is 12.4 Å². The first kappa shape index (κ1) is 18.2. The minimum Gasteiger partial charge on any atom is -0.494 e. The number of piperidine rings is 1. The molecule has 0 bridgehead atoms. The molecule has 146 valence electrons. The van der Waals surface area contributed by atoms with Gasteiger partial charge in [0.25, 0.3) is 0 Å². The Bertz CT molecular complexity index is 731. The average molecular weight is 371 g/mol. The van der Waals surface area contributed by atoms with Crippen LogP contribution in [-0.4, -0.2) is 62.9 Å². The van der Waals surface area contributed by atoms with E-state index in [4.69, 9.17) is 4.74 Å². The maximum Gasteiger partial charge on any atom is 0.225 e. The van der Waals surface area contributed by atoms with Crippen molar-refractivity contribution in [3.05, 3.63) is 24.0 Å². The molecule has 0 atom stereocenters. The summed E-state index contributed by atoms with van der Waals surface area (Å²) >= 11 is 0. The lowest BCUT2D eigenvalue weighted by Gasteiger charge is -2.31. The monoisotopic (exact) mass is 371 g/mol. The van der Waals surface area contributed by atoms with E-state index < -0.39 is 0 Å². The fourth-order valence-corrected chi connectivity index (χ4v) is 4.17. The van der Waals surface area contributed by atoms with Crippen LogP contribution in [0.3, 0.4) is 0 Å². The van der Waals surface area contributed by atoms with Crippen molar-refractivity contribution in [3.8, 4) is 5.75 Å². The molecule has 2 fully saturated rings. The number of hydrogen-bond acceptors (Lipinski definition) is 7. The van der Waals surface area contributed by atoms with Gasteiger partial charge < -0.3 is 14.2 Å². The van der Waals surface area contributed by atoms with Crippen molar-refractivity contribution in [2.45, 2.75) is 51.6 Å². The van der Waals surface area contributed by atoms with Gasteiger partial charge in [0.05, 0.1) is 26.0 Å². The van der Waals surface area contributed by atoms with E-state index in [1.807, 2.05) is 0 Å². The van der Waals surface area contributed by atoms with Gasteiger partial charge in [0.1, 0.15) is 11.6 Å². The largest absolute Gasteiger partial charge is 0.494 e. The molecule has 2 aliphatic heterocycles. The summed E-state index contributed by atoms with van der Waals surface area (Å²) in [5, 5.41) is 9.13. The van der Waals surface area contributed by atoms with Crippen molar-refractivity contribution in [2.24, 2.45) is 0 Å². The van der Waals surface area contributed by atoms with Crippen molar-refractivity contribution in [1.29, 1.82) is 0 Å². The summed E-state index contributed by atoms with van der Waals surface area (Å²) in [6, 6.07) is 0. The highest BCUT2D eigenvalue weighted by molar-refractivity contribution is 5.32. The molecular weight excluding hydrogens is 342 g/mol. The third-order valence-corrected chi connectivity index (χ3v) is 5.73. The van der Waals surface area contributed by atoms with E-state index in [1.54, 1.807) is 19.5 Å². The summed E-state index contributed by atoms with van der Waals surface area (Å²) in [6.07, 6.45) is 8.17. The molecule has 27 heavy (non-hydrogen) atoms. The third kappa shape index (κ3) is 3.90. The normalized spacial score (nSPS) is 19.0.